The van der Waals surface area contributed by atoms with E-state index in [2.05, 4.69) is 15.5 Å². The standard InChI is InChI=1S/C15H19N3O3/c1-3-8-16-14(19)10-20-12-7-5-6-11(9-12)15-17-13(4-2)18-21-15/h5-7,9H,3-4,8,10H2,1-2H3,(H,16,19). The molecule has 1 aromatic heterocycles. The van der Waals surface area contributed by atoms with Crippen molar-refractivity contribution in [3.63, 3.8) is 0 Å². The fraction of sp³-hybridized carbons (Fsp3) is 0.400. The van der Waals surface area contributed by atoms with Crippen molar-refractivity contribution in [2.45, 2.75) is 26.7 Å². The van der Waals surface area contributed by atoms with Crippen molar-refractivity contribution < 1.29 is 14.1 Å². The van der Waals surface area contributed by atoms with Crippen LogP contribution in [-0.4, -0.2) is 29.2 Å². The summed E-state index contributed by atoms with van der Waals surface area (Å²) in [6, 6.07) is 7.25. The summed E-state index contributed by atoms with van der Waals surface area (Å²) in [4.78, 5) is 15.8. The van der Waals surface area contributed by atoms with Gasteiger partial charge in [-0.3, -0.25) is 4.79 Å². The number of nitrogens with zero attached hydrogens (tertiary/aromatic N) is 2. The number of benzene rings is 1. The van der Waals surface area contributed by atoms with E-state index in [0.29, 0.717) is 24.0 Å². The van der Waals surface area contributed by atoms with Crippen LogP contribution >= 0.6 is 0 Å². The SMILES string of the molecule is CCCNC(=O)COc1cccc(-c2nc(CC)no2)c1. The Morgan fingerprint density at radius 1 is 1.38 bits per heavy atom. The van der Waals surface area contributed by atoms with Gasteiger partial charge in [-0.1, -0.05) is 25.1 Å². The predicted molar refractivity (Wildman–Crippen MR) is 77.9 cm³/mol. The number of amides is 1. The number of hydrogen-bond donors (Lipinski definition) is 1. The topological polar surface area (TPSA) is 77.2 Å². The van der Waals surface area contributed by atoms with Gasteiger partial charge in [-0.15, -0.1) is 0 Å². The maximum atomic E-state index is 11.5. The molecule has 2 rings (SSSR count). The van der Waals surface area contributed by atoms with E-state index < -0.39 is 0 Å². The summed E-state index contributed by atoms with van der Waals surface area (Å²) in [6.45, 7) is 4.61. The minimum Gasteiger partial charge on any atom is -0.484 e. The summed E-state index contributed by atoms with van der Waals surface area (Å²) >= 11 is 0. The second-order valence-corrected chi connectivity index (χ2v) is 4.54. The van der Waals surface area contributed by atoms with Crippen molar-refractivity contribution in [2.75, 3.05) is 13.2 Å². The van der Waals surface area contributed by atoms with Crippen LogP contribution in [0.15, 0.2) is 28.8 Å². The minimum atomic E-state index is -0.131. The van der Waals surface area contributed by atoms with Gasteiger partial charge >= 0.3 is 0 Å². The van der Waals surface area contributed by atoms with Crippen LogP contribution in [0.3, 0.4) is 0 Å². The van der Waals surface area contributed by atoms with Crippen LogP contribution < -0.4 is 10.1 Å². The molecule has 0 saturated heterocycles. The molecule has 0 aliphatic carbocycles. The number of ether oxygens (including phenoxy) is 1. The summed E-state index contributed by atoms with van der Waals surface area (Å²) in [7, 11) is 0. The van der Waals surface area contributed by atoms with E-state index in [1.807, 2.05) is 26.0 Å². The number of carbonyl (C=O) groups is 1. The summed E-state index contributed by atoms with van der Waals surface area (Å²) in [6.07, 6.45) is 1.62. The number of aromatic nitrogens is 2. The molecule has 1 heterocycles. The van der Waals surface area contributed by atoms with Gasteiger partial charge in [0.2, 0.25) is 0 Å². The predicted octanol–water partition coefficient (Wildman–Crippen LogP) is 2.20. The number of carbonyl (C=O) groups excluding carboxylic acids is 1. The van der Waals surface area contributed by atoms with E-state index >= 15 is 0 Å². The van der Waals surface area contributed by atoms with Gasteiger partial charge in [-0.25, -0.2) is 0 Å². The monoisotopic (exact) mass is 289 g/mol. The molecule has 0 spiro atoms. The number of nitrogens with one attached hydrogen (secondary N) is 1. The molecule has 0 aliphatic rings. The zero-order chi connectivity index (χ0) is 15.1. The molecule has 0 unspecified atom stereocenters. The average molecular weight is 289 g/mol. The molecule has 6 nitrogen and oxygen atoms in total. The Morgan fingerprint density at radius 2 is 2.24 bits per heavy atom. The van der Waals surface area contributed by atoms with Crippen LogP contribution in [0.5, 0.6) is 5.75 Å². The molecule has 0 aliphatic heterocycles. The summed E-state index contributed by atoms with van der Waals surface area (Å²) < 4.78 is 10.6. The Kier molecular flexibility index (Phi) is 5.31. The van der Waals surface area contributed by atoms with Crippen molar-refractivity contribution in [3.8, 4) is 17.2 Å². The highest BCUT2D eigenvalue weighted by Crippen LogP contribution is 2.22. The number of rotatable bonds is 7. The maximum absolute atomic E-state index is 11.5. The normalized spacial score (nSPS) is 10.4. The second kappa shape index (κ2) is 7.42. The molecule has 1 N–H and O–H groups in total. The van der Waals surface area contributed by atoms with Crippen LogP contribution in [0.1, 0.15) is 26.1 Å². The molecule has 1 aromatic carbocycles. The Morgan fingerprint density at radius 3 is 2.95 bits per heavy atom. The molecule has 1 amide bonds. The van der Waals surface area contributed by atoms with E-state index in [-0.39, 0.29) is 12.5 Å². The average Bonchev–Trinajstić information content (AvgIpc) is 3.00. The Labute approximate surface area is 123 Å². The lowest BCUT2D eigenvalue weighted by Gasteiger charge is -2.07. The van der Waals surface area contributed by atoms with E-state index in [0.717, 1.165) is 18.4 Å². The molecule has 0 atom stereocenters. The van der Waals surface area contributed by atoms with Crippen molar-refractivity contribution in [1.82, 2.24) is 15.5 Å². The fourth-order valence-electron chi connectivity index (χ4n) is 1.70. The summed E-state index contributed by atoms with van der Waals surface area (Å²) in [5, 5.41) is 6.61. The van der Waals surface area contributed by atoms with Crippen LogP contribution in [0.25, 0.3) is 11.5 Å². The third kappa shape index (κ3) is 4.30. The van der Waals surface area contributed by atoms with Gasteiger partial charge in [-0.05, 0) is 24.6 Å². The van der Waals surface area contributed by atoms with Crippen LogP contribution in [0.4, 0.5) is 0 Å². The Hall–Kier alpha value is -2.37. The first-order chi connectivity index (χ1) is 10.2. The van der Waals surface area contributed by atoms with E-state index in [1.165, 1.54) is 0 Å². The van der Waals surface area contributed by atoms with Crippen molar-refractivity contribution in [2.24, 2.45) is 0 Å². The zero-order valence-corrected chi connectivity index (χ0v) is 12.3. The van der Waals surface area contributed by atoms with E-state index in [4.69, 9.17) is 9.26 Å². The van der Waals surface area contributed by atoms with E-state index in [1.54, 1.807) is 12.1 Å². The van der Waals surface area contributed by atoms with Crippen LogP contribution in [0.2, 0.25) is 0 Å². The van der Waals surface area contributed by atoms with Crippen LogP contribution in [0, 0.1) is 0 Å². The van der Waals surface area contributed by atoms with Crippen LogP contribution in [-0.2, 0) is 11.2 Å². The molecule has 6 heteroatoms. The van der Waals surface area contributed by atoms with Gasteiger partial charge in [0.15, 0.2) is 12.4 Å². The van der Waals surface area contributed by atoms with Gasteiger partial charge < -0.3 is 14.6 Å². The Balaban J connectivity index is 1.99. The molecule has 0 saturated carbocycles. The maximum Gasteiger partial charge on any atom is 0.258 e. The number of aryl methyl sites for hydroxylation is 1. The third-order valence-electron chi connectivity index (χ3n) is 2.81. The lowest BCUT2D eigenvalue weighted by atomic mass is 10.2. The fourth-order valence-corrected chi connectivity index (χ4v) is 1.70. The van der Waals surface area contributed by atoms with Gasteiger partial charge in [0.05, 0.1) is 0 Å². The highest BCUT2D eigenvalue weighted by atomic mass is 16.5. The van der Waals surface area contributed by atoms with Gasteiger partial charge in [-0.2, -0.15) is 4.98 Å². The lowest BCUT2D eigenvalue weighted by molar-refractivity contribution is -0.123. The molecule has 21 heavy (non-hydrogen) atoms. The summed E-state index contributed by atoms with van der Waals surface area (Å²) in [5.41, 5.74) is 0.772. The first kappa shape index (κ1) is 15.0. The van der Waals surface area contributed by atoms with Crippen molar-refractivity contribution in [3.05, 3.63) is 30.1 Å². The highest BCUT2D eigenvalue weighted by Gasteiger charge is 2.09. The summed E-state index contributed by atoms with van der Waals surface area (Å²) in [5.74, 6) is 1.58. The number of hydrogen-bond acceptors (Lipinski definition) is 5. The Bertz CT molecular complexity index is 595. The quantitative estimate of drug-likeness (QED) is 0.845. The van der Waals surface area contributed by atoms with Gasteiger partial charge in [0.25, 0.3) is 11.8 Å². The molecule has 0 bridgehead atoms. The molecular weight excluding hydrogens is 270 g/mol. The molecule has 112 valence electrons. The van der Waals surface area contributed by atoms with Gasteiger partial charge in [0.1, 0.15) is 5.75 Å². The first-order valence-corrected chi connectivity index (χ1v) is 7.05. The second-order valence-electron chi connectivity index (χ2n) is 4.54. The third-order valence-corrected chi connectivity index (χ3v) is 2.81. The van der Waals surface area contributed by atoms with E-state index in [9.17, 15) is 4.79 Å². The van der Waals surface area contributed by atoms with Crippen molar-refractivity contribution in [1.29, 1.82) is 0 Å². The minimum absolute atomic E-state index is 0.00645. The molecule has 0 fully saturated rings. The first-order valence-electron chi connectivity index (χ1n) is 7.05. The zero-order valence-electron chi connectivity index (χ0n) is 12.3. The highest BCUT2D eigenvalue weighted by molar-refractivity contribution is 5.77. The van der Waals surface area contributed by atoms with Gasteiger partial charge in [0, 0.05) is 18.5 Å². The van der Waals surface area contributed by atoms with Crippen molar-refractivity contribution >= 4 is 5.91 Å². The molecule has 2 aromatic rings. The molecular formula is C15H19N3O3. The largest absolute Gasteiger partial charge is 0.484 e. The smallest absolute Gasteiger partial charge is 0.258 e. The molecule has 0 radical (unpaired) electrons. The lowest BCUT2D eigenvalue weighted by Crippen LogP contribution is -2.29.